The first kappa shape index (κ1) is 54.2. The highest BCUT2D eigenvalue weighted by Crippen LogP contribution is 2.43. The standard InChI is InChI=1S/C46H86NO8P/c1-3-5-7-9-11-13-15-17-19-20-21-22-23-24-25-27-29-31-33-35-37-39-46(49)55-44(43-54-56(50,51)53-41-40-47)42-52-45(48)38-36-34-32-30-28-26-18-16-14-12-10-8-6-4-2/h10,12,16-19,44H,3-9,11,13-15,20-43,47H2,1-2H3,(H,50,51)/b12-10+,18-16+,19-17+/t44-/m1/s1. The Labute approximate surface area is 344 Å². The fourth-order valence-corrected chi connectivity index (χ4v) is 7.06. The van der Waals surface area contributed by atoms with Crippen LogP contribution in [-0.4, -0.2) is 49.3 Å². The first-order chi connectivity index (χ1) is 27.3. The number of rotatable bonds is 43. The molecule has 10 heteroatoms. The minimum absolute atomic E-state index is 0.0513. The Kier molecular flexibility index (Phi) is 41.5. The first-order valence-corrected chi connectivity index (χ1v) is 24.5. The molecule has 0 fully saturated rings. The number of hydrogen-bond acceptors (Lipinski definition) is 8. The fraction of sp³-hybridized carbons (Fsp3) is 0.826. The lowest BCUT2D eigenvalue weighted by atomic mass is 10.0. The molecule has 328 valence electrons. The molecule has 9 nitrogen and oxygen atoms in total. The van der Waals surface area contributed by atoms with Crippen LogP contribution in [0.15, 0.2) is 36.5 Å². The van der Waals surface area contributed by atoms with Crippen LogP contribution >= 0.6 is 7.82 Å². The van der Waals surface area contributed by atoms with Gasteiger partial charge in [0.25, 0.3) is 0 Å². The summed E-state index contributed by atoms with van der Waals surface area (Å²) in [7, 11) is -4.38. The Hall–Kier alpha value is -1.77. The Morgan fingerprint density at radius 3 is 1.43 bits per heavy atom. The van der Waals surface area contributed by atoms with Gasteiger partial charge < -0.3 is 20.1 Å². The molecule has 1 unspecified atom stereocenters. The number of carbonyl (C=O) groups is 2. The van der Waals surface area contributed by atoms with Gasteiger partial charge in [-0.15, -0.1) is 0 Å². The van der Waals surface area contributed by atoms with E-state index in [4.69, 9.17) is 24.3 Å². The van der Waals surface area contributed by atoms with E-state index in [0.717, 1.165) is 64.2 Å². The van der Waals surface area contributed by atoms with Crippen molar-refractivity contribution in [2.45, 2.75) is 219 Å². The molecule has 0 aromatic carbocycles. The zero-order valence-electron chi connectivity index (χ0n) is 36.1. The Morgan fingerprint density at radius 2 is 0.946 bits per heavy atom. The number of phosphoric acid groups is 1. The van der Waals surface area contributed by atoms with Crippen LogP contribution in [0.25, 0.3) is 0 Å². The van der Waals surface area contributed by atoms with Crippen molar-refractivity contribution in [1.29, 1.82) is 0 Å². The van der Waals surface area contributed by atoms with Gasteiger partial charge in [-0.25, -0.2) is 4.57 Å². The quantitative estimate of drug-likeness (QED) is 0.0267. The van der Waals surface area contributed by atoms with Gasteiger partial charge in [-0.1, -0.05) is 172 Å². The molecule has 0 bridgehead atoms. The molecule has 0 aromatic heterocycles. The van der Waals surface area contributed by atoms with E-state index in [9.17, 15) is 19.0 Å². The second kappa shape index (κ2) is 42.8. The maximum atomic E-state index is 12.6. The van der Waals surface area contributed by atoms with Crippen molar-refractivity contribution in [2.24, 2.45) is 5.73 Å². The summed E-state index contributed by atoms with van der Waals surface area (Å²) in [6.45, 7) is 3.69. The van der Waals surface area contributed by atoms with Crippen LogP contribution in [0.2, 0.25) is 0 Å². The van der Waals surface area contributed by atoms with E-state index < -0.39 is 32.5 Å². The zero-order chi connectivity index (χ0) is 41.1. The highest BCUT2D eigenvalue weighted by atomic mass is 31.2. The van der Waals surface area contributed by atoms with Crippen molar-refractivity contribution in [1.82, 2.24) is 0 Å². The lowest BCUT2D eigenvalue weighted by Gasteiger charge is -2.19. The first-order valence-electron chi connectivity index (χ1n) is 23.0. The van der Waals surface area contributed by atoms with Crippen LogP contribution in [0.1, 0.15) is 213 Å². The van der Waals surface area contributed by atoms with Crippen molar-refractivity contribution in [2.75, 3.05) is 26.4 Å². The number of ether oxygens (including phenoxy) is 2. The van der Waals surface area contributed by atoms with Gasteiger partial charge in [0.15, 0.2) is 6.10 Å². The van der Waals surface area contributed by atoms with E-state index >= 15 is 0 Å². The lowest BCUT2D eigenvalue weighted by molar-refractivity contribution is -0.161. The highest BCUT2D eigenvalue weighted by Gasteiger charge is 2.26. The summed E-state index contributed by atoms with van der Waals surface area (Å²) < 4.78 is 32.8. The summed E-state index contributed by atoms with van der Waals surface area (Å²) in [6.07, 6.45) is 47.5. The molecule has 0 radical (unpaired) electrons. The third-order valence-corrected chi connectivity index (χ3v) is 10.7. The van der Waals surface area contributed by atoms with E-state index in [2.05, 4.69) is 50.3 Å². The van der Waals surface area contributed by atoms with E-state index in [1.165, 1.54) is 109 Å². The van der Waals surface area contributed by atoms with Crippen molar-refractivity contribution in [3.05, 3.63) is 36.5 Å². The van der Waals surface area contributed by atoms with Crippen molar-refractivity contribution in [3.8, 4) is 0 Å². The average Bonchev–Trinajstić information content (AvgIpc) is 3.18. The summed E-state index contributed by atoms with van der Waals surface area (Å²) in [4.78, 5) is 34.9. The number of allylic oxidation sites excluding steroid dienone is 6. The van der Waals surface area contributed by atoms with Crippen LogP contribution in [0.5, 0.6) is 0 Å². The third kappa shape index (κ3) is 41.9. The topological polar surface area (TPSA) is 134 Å². The Balaban J connectivity index is 4.09. The maximum Gasteiger partial charge on any atom is 0.472 e. The number of hydrogen-bond donors (Lipinski definition) is 2. The van der Waals surface area contributed by atoms with Crippen LogP contribution in [0.3, 0.4) is 0 Å². The van der Waals surface area contributed by atoms with Crippen LogP contribution in [0, 0.1) is 0 Å². The summed E-state index contributed by atoms with van der Waals surface area (Å²) in [6, 6.07) is 0. The molecule has 56 heavy (non-hydrogen) atoms. The average molecular weight is 812 g/mol. The lowest BCUT2D eigenvalue weighted by Crippen LogP contribution is -2.29. The van der Waals surface area contributed by atoms with Gasteiger partial charge in [0.2, 0.25) is 0 Å². The van der Waals surface area contributed by atoms with Gasteiger partial charge in [-0.3, -0.25) is 18.6 Å². The SMILES string of the molecule is CCCC/C=C/C/C=C/CCCCCCCC(=O)OC[C@H](COP(=O)(O)OCCN)OC(=O)CCCCCCCCCCCCC/C=C/CCCCCCCC. The molecule has 0 aliphatic heterocycles. The van der Waals surface area contributed by atoms with E-state index in [1.807, 2.05) is 0 Å². The summed E-state index contributed by atoms with van der Waals surface area (Å²) in [5.41, 5.74) is 5.35. The molecule has 0 saturated carbocycles. The molecule has 0 aromatic rings. The van der Waals surface area contributed by atoms with Crippen molar-refractivity contribution in [3.63, 3.8) is 0 Å². The maximum absolute atomic E-state index is 12.6. The Bertz CT molecular complexity index is 1020. The molecule has 0 amide bonds. The second-order valence-corrected chi connectivity index (χ2v) is 16.7. The fourth-order valence-electron chi connectivity index (χ4n) is 6.29. The predicted molar refractivity (Wildman–Crippen MR) is 234 cm³/mol. The molecule has 3 N–H and O–H groups in total. The van der Waals surface area contributed by atoms with Gasteiger partial charge in [0.1, 0.15) is 6.61 Å². The summed E-state index contributed by atoms with van der Waals surface area (Å²) in [5, 5.41) is 0. The molecular weight excluding hydrogens is 725 g/mol. The normalized spacial score (nSPS) is 13.6. The van der Waals surface area contributed by atoms with Gasteiger partial charge in [0.05, 0.1) is 13.2 Å². The monoisotopic (exact) mass is 812 g/mol. The zero-order valence-corrected chi connectivity index (χ0v) is 37.0. The predicted octanol–water partition coefficient (Wildman–Crippen LogP) is 13.3. The van der Waals surface area contributed by atoms with Crippen molar-refractivity contribution >= 4 is 19.8 Å². The van der Waals surface area contributed by atoms with E-state index in [-0.39, 0.29) is 32.6 Å². The summed E-state index contributed by atoms with van der Waals surface area (Å²) in [5.74, 6) is -0.841. The highest BCUT2D eigenvalue weighted by molar-refractivity contribution is 7.47. The molecule has 0 heterocycles. The molecule has 0 spiro atoms. The number of unbranched alkanes of at least 4 members (excludes halogenated alkanes) is 24. The third-order valence-electron chi connectivity index (χ3n) is 9.75. The number of phosphoric ester groups is 1. The number of nitrogens with two attached hydrogens (primary N) is 1. The van der Waals surface area contributed by atoms with E-state index in [0.29, 0.717) is 12.8 Å². The molecule has 0 aliphatic rings. The minimum Gasteiger partial charge on any atom is -0.462 e. The minimum atomic E-state index is -4.38. The smallest absolute Gasteiger partial charge is 0.462 e. The molecule has 0 saturated heterocycles. The van der Waals surface area contributed by atoms with Crippen LogP contribution in [-0.2, 0) is 32.7 Å². The summed E-state index contributed by atoms with van der Waals surface area (Å²) >= 11 is 0. The molecular formula is C46H86NO8P. The van der Waals surface area contributed by atoms with Crippen molar-refractivity contribution < 1.29 is 37.6 Å². The molecule has 0 rings (SSSR count). The number of esters is 2. The largest absolute Gasteiger partial charge is 0.472 e. The molecule has 0 aliphatic carbocycles. The molecule has 2 atom stereocenters. The number of carbonyl (C=O) groups excluding carboxylic acids is 2. The Morgan fingerprint density at radius 1 is 0.536 bits per heavy atom. The van der Waals surface area contributed by atoms with Gasteiger partial charge in [0, 0.05) is 19.4 Å². The van der Waals surface area contributed by atoms with Gasteiger partial charge in [-0.2, -0.15) is 0 Å². The van der Waals surface area contributed by atoms with E-state index in [1.54, 1.807) is 0 Å². The van der Waals surface area contributed by atoms with Gasteiger partial charge in [-0.05, 0) is 64.2 Å². The van der Waals surface area contributed by atoms with Gasteiger partial charge >= 0.3 is 19.8 Å². The van der Waals surface area contributed by atoms with Crippen LogP contribution in [0.4, 0.5) is 0 Å². The second-order valence-electron chi connectivity index (χ2n) is 15.3. The van der Waals surface area contributed by atoms with Crippen LogP contribution < -0.4 is 5.73 Å².